The van der Waals surface area contributed by atoms with Crippen molar-refractivity contribution in [3.05, 3.63) is 119 Å². The molecular weight excluding hydrogens is 590 g/mol. The van der Waals surface area contributed by atoms with Gasteiger partial charge in [0.2, 0.25) is 9.84 Å². The quantitative estimate of drug-likeness (QED) is 0.168. The molecule has 4 aromatic carbocycles. The van der Waals surface area contributed by atoms with E-state index in [1.807, 2.05) is 42.5 Å². The second-order valence-corrected chi connectivity index (χ2v) is 12.1. The summed E-state index contributed by atoms with van der Waals surface area (Å²) in [6, 6.07) is 29.2. The average Bonchev–Trinajstić information content (AvgIpc) is 3.01. The number of ether oxygens (including phenoxy) is 3. The summed E-state index contributed by atoms with van der Waals surface area (Å²) in [5.41, 5.74) is 1.84. The number of hydrogen-bond acceptors (Lipinski definition) is 8. The molecule has 0 radical (unpaired) electrons. The maximum atomic E-state index is 13.1. The number of halogens is 1. The number of esters is 1. The predicted molar refractivity (Wildman–Crippen MR) is 164 cm³/mol. The van der Waals surface area contributed by atoms with Crippen LogP contribution >= 0.6 is 11.6 Å². The van der Waals surface area contributed by atoms with Crippen molar-refractivity contribution < 1.29 is 32.5 Å². The lowest BCUT2D eigenvalue weighted by Crippen LogP contribution is -2.32. The maximum absolute atomic E-state index is 13.1. The van der Waals surface area contributed by atoms with Gasteiger partial charge in [-0.1, -0.05) is 54.1 Å². The maximum Gasteiger partial charge on any atom is 0.344 e. The van der Waals surface area contributed by atoms with Crippen molar-refractivity contribution in [2.75, 3.05) is 32.9 Å². The van der Waals surface area contributed by atoms with Gasteiger partial charge in [-0.25, -0.2) is 13.2 Å². The van der Waals surface area contributed by atoms with E-state index in [1.165, 1.54) is 36.4 Å². The fraction of sp³-hybridized carbons (Fsp3) is 0.242. The Balaban J connectivity index is 1.35. The second-order valence-electron chi connectivity index (χ2n) is 9.68. The molecule has 0 bridgehead atoms. The van der Waals surface area contributed by atoms with Gasteiger partial charge in [0, 0.05) is 24.7 Å². The SMILES string of the molecule is CCOC(=O)COc1ccc(S(=O)(=O)c2ccc(OCCN(Cc3ccccc3)C[C@H](O)c3cccc(Cl)c3)cc2)cc1. The van der Waals surface area contributed by atoms with Crippen LogP contribution in [-0.4, -0.2) is 57.3 Å². The lowest BCUT2D eigenvalue weighted by molar-refractivity contribution is -0.145. The van der Waals surface area contributed by atoms with Crippen LogP contribution in [0.3, 0.4) is 0 Å². The number of aliphatic hydroxyl groups excluding tert-OH is 1. The van der Waals surface area contributed by atoms with Crippen LogP contribution < -0.4 is 9.47 Å². The van der Waals surface area contributed by atoms with Gasteiger partial charge in [-0.15, -0.1) is 0 Å². The van der Waals surface area contributed by atoms with E-state index in [2.05, 4.69) is 4.90 Å². The molecule has 0 fully saturated rings. The average molecular weight is 624 g/mol. The highest BCUT2D eigenvalue weighted by Gasteiger charge is 2.19. The minimum atomic E-state index is -3.77. The first kappa shape index (κ1) is 32.0. The zero-order valence-corrected chi connectivity index (χ0v) is 25.3. The van der Waals surface area contributed by atoms with Crippen LogP contribution in [0.5, 0.6) is 11.5 Å². The van der Waals surface area contributed by atoms with Crippen molar-refractivity contribution in [3.8, 4) is 11.5 Å². The van der Waals surface area contributed by atoms with Crippen LogP contribution in [0, 0.1) is 0 Å². The molecule has 0 aliphatic carbocycles. The van der Waals surface area contributed by atoms with Gasteiger partial charge in [0.1, 0.15) is 18.1 Å². The number of benzene rings is 4. The molecule has 8 nitrogen and oxygen atoms in total. The Morgan fingerprint density at radius 2 is 1.49 bits per heavy atom. The minimum Gasteiger partial charge on any atom is -0.492 e. The summed E-state index contributed by atoms with van der Waals surface area (Å²) in [6.45, 7) is 3.55. The van der Waals surface area contributed by atoms with Crippen molar-refractivity contribution in [1.29, 1.82) is 0 Å². The van der Waals surface area contributed by atoms with Crippen LogP contribution in [0.25, 0.3) is 0 Å². The van der Waals surface area contributed by atoms with Gasteiger partial charge in [-0.3, -0.25) is 4.90 Å². The molecule has 4 aromatic rings. The Bertz CT molecular complexity index is 1560. The van der Waals surface area contributed by atoms with Crippen molar-refractivity contribution in [3.63, 3.8) is 0 Å². The topological polar surface area (TPSA) is 102 Å². The summed E-state index contributed by atoms with van der Waals surface area (Å²) in [5.74, 6) is 0.384. The number of carbonyl (C=O) groups is 1. The Labute approximate surface area is 257 Å². The number of carbonyl (C=O) groups excluding carboxylic acids is 1. The molecule has 0 amide bonds. The van der Waals surface area contributed by atoms with Gasteiger partial charge in [0.15, 0.2) is 6.61 Å². The van der Waals surface area contributed by atoms with E-state index < -0.39 is 21.9 Å². The molecule has 43 heavy (non-hydrogen) atoms. The Hall–Kier alpha value is -3.89. The summed E-state index contributed by atoms with van der Waals surface area (Å²) < 4.78 is 42.4. The smallest absolute Gasteiger partial charge is 0.344 e. The monoisotopic (exact) mass is 623 g/mol. The fourth-order valence-electron chi connectivity index (χ4n) is 4.34. The van der Waals surface area contributed by atoms with Crippen LogP contribution in [0.15, 0.2) is 113 Å². The Morgan fingerprint density at radius 1 is 0.860 bits per heavy atom. The molecule has 1 N–H and O–H groups in total. The van der Waals surface area contributed by atoms with Gasteiger partial charge >= 0.3 is 5.97 Å². The van der Waals surface area contributed by atoms with E-state index in [0.29, 0.717) is 42.8 Å². The van der Waals surface area contributed by atoms with Crippen molar-refractivity contribution >= 4 is 27.4 Å². The molecule has 0 saturated heterocycles. The first-order valence-electron chi connectivity index (χ1n) is 13.8. The van der Waals surface area contributed by atoms with Crippen molar-refractivity contribution in [1.82, 2.24) is 4.90 Å². The van der Waals surface area contributed by atoms with E-state index in [0.717, 1.165) is 11.1 Å². The third-order valence-electron chi connectivity index (χ3n) is 6.52. The van der Waals surface area contributed by atoms with Gasteiger partial charge < -0.3 is 19.3 Å². The van der Waals surface area contributed by atoms with Crippen LogP contribution in [0.2, 0.25) is 5.02 Å². The highest BCUT2D eigenvalue weighted by molar-refractivity contribution is 7.91. The highest BCUT2D eigenvalue weighted by atomic mass is 35.5. The van der Waals surface area contributed by atoms with E-state index >= 15 is 0 Å². The molecule has 4 rings (SSSR count). The molecule has 0 aromatic heterocycles. The molecule has 0 saturated carbocycles. The first-order chi connectivity index (χ1) is 20.7. The standard InChI is InChI=1S/C33H34ClNO7S/c1-2-40-33(37)24-42-29-13-17-31(18-14-29)43(38,39)30-15-11-28(12-16-30)41-20-19-35(22-25-7-4-3-5-8-25)23-32(36)26-9-6-10-27(34)21-26/h3-18,21,32,36H,2,19-20,22-24H2,1H3/t32-/m0/s1. The first-order valence-corrected chi connectivity index (χ1v) is 15.7. The number of aliphatic hydroxyl groups is 1. The van der Waals surface area contributed by atoms with Crippen LogP contribution in [-0.2, 0) is 25.9 Å². The summed E-state index contributed by atoms with van der Waals surface area (Å²) in [7, 11) is -3.77. The highest BCUT2D eigenvalue weighted by Crippen LogP contribution is 2.25. The van der Waals surface area contributed by atoms with Gasteiger partial charge in [-0.2, -0.15) is 0 Å². The minimum absolute atomic E-state index is 0.0967. The molecule has 1 atom stereocenters. The third kappa shape index (κ3) is 9.56. The zero-order chi connectivity index (χ0) is 30.7. The van der Waals surface area contributed by atoms with Gasteiger partial charge in [0.25, 0.3) is 0 Å². The largest absolute Gasteiger partial charge is 0.492 e. The molecule has 0 spiro atoms. The van der Waals surface area contributed by atoms with Gasteiger partial charge in [-0.05, 0) is 78.7 Å². The molecule has 0 aliphatic rings. The Morgan fingerprint density at radius 3 is 2.09 bits per heavy atom. The molecule has 0 heterocycles. The summed E-state index contributed by atoms with van der Waals surface area (Å²) in [5, 5.41) is 11.4. The fourth-order valence-corrected chi connectivity index (χ4v) is 5.80. The van der Waals surface area contributed by atoms with Crippen molar-refractivity contribution in [2.24, 2.45) is 0 Å². The predicted octanol–water partition coefficient (Wildman–Crippen LogP) is 5.73. The third-order valence-corrected chi connectivity index (χ3v) is 8.54. The molecule has 10 heteroatoms. The second kappa shape index (κ2) is 15.5. The zero-order valence-electron chi connectivity index (χ0n) is 23.8. The summed E-state index contributed by atoms with van der Waals surface area (Å²) in [6.07, 6.45) is -0.731. The summed E-state index contributed by atoms with van der Waals surface area (Å²) >= 11 is 6.12. The van der Waals surface area contributed by atoms with Crippen molar-refractivity contribution in [2.45, 2.75) is 29.4 Å². The molecule has 226 valence electrons. The normalized spacial score (nSPS) is 12.1. The van der Waals surface area contributed by atoms with E-state index in [4.69, 9.17) is 25.8 Å². The number of hydrogen-bond donors (Lipinski definition) is 1. The number of sulfone groups is 1. The van der Waals surface area contributed by atoms with Gasteiger partial charge in [0.05, 0.1) is 22.5 Å². The van der Waals surface area contributed by atoms with Crippen LogP contribution in [0.1, 0.15) is 24.2 Å². The summed E-state index contributed by atoms with van der Waals surface area (Å²) in [4.78, 5) is 13.8. The lowest BCUT2D eigenvalue weighted by Gasteiger charge is -2.25. The van der Waals surface area contributed by atoms with E-state index in [1.54, 1.807) is 31.2 Å². The van der Waals surface area contributed by atoms with Crippen LogP contribution in [0.4, 0.5) is 0 Å². The molecular formula is C33H34ClNO7S. The molecule has 0 unspecified atom stereocenters. The Kier molecular flexibility index (Phi) is 11.6. The number of nitrogens with zero attached hydrogens (tertiary/aromatic N) is 1. The molecule has 0 aliphatic heterocycles. The number of rotatable bonds is 15. The van der Waals surface area contributed by atoms with E-state index in [9.17, 15) is 18.3 Å². The lowest BCUT2D eigenvalue weighted by atomic mass is 10.1. The van der Waals surface area contributed by atoms with E-state index in [-0.39, 0.29) is 23.0 Å².